The molecule has 6 nitrogen and oxygen atoms in total. The highest BCUT2D eigenvalue weighted by Gasteiger charge is 2.11. The van der Waals surface area contributed by atoms with E-state index in [0.29, 0.717) is 11.2 Å². The summed E-state index contributed by atoms with van der Waals surface area (Å²) in [6.07, 6.45) is 1.60. The zero-order valence-electron chi connectivity index (χ0n) is 8.14. The Morgan fingerprint density at radius 2 is 2.40 bits per heavy atom. The lowest BCUT2D eigenvalue weighted by Crippen LogP contribution is -2.14. The third-order valence-corrected chi connectivity index (χ3v) is 2.21. The van der Waals surface area contributed by atoms with Crippen molar-refractivity contribution in [2.75, 3.05) is 0 Å². The molecule has 0 saturated carbocycles. The number of nitrogens with zero attached hydrogens (tertiary/aromatic N) is 3. The highest BCUT2D eigenvalue weighted by molar-refractivity contribution is 5.94. The van der Waals surface area contributed by atoms with Crippen LogP contribution in [0.1, 0.15) is 16.1 Å². The molecule has 0 fully saturated rings. The second-order valence-corrected chi connectivity index (χ2v) is 3.19. The number of primary amides is 1. The van der Waals surface area contributed by atoms with Gasteiger partial charge in [-0.25, -0.2) is 4.98 Å². The van der Waals surface area contributed by atoms with Gasteiger partial charge in [-0.15, -0.1) is 0 Å². The lowest BCUT2D eigenvalue weighted by Gasteiger charge is -2.02. The summed E-state index contributed by atoms with van der Waals surface area (Å²) in [5.74, 6) is -0.618. The molecule has 0 aliphatic rings. The monoisotopic (exact) mass is 206 g/mol. The predicted molar refractivity (Wildman–Crippen MR) is 52.9 cm³/mol. The van der Waals surface area contributed by atoms with Gasteiger partial charge < -0.3 is 10.8 Å². The van der Waals surface area contributed by atoms with Gasteiger partial charge in [0, 0.05) is 12.4 Å². The number of aryl methyl sites for hydroxylation is 1. The average molecular weight is 206 g/mol. The van der Waals surface area contributed by atoms with Crippen LogP contribution < -0.4 is 5.73 Å². The van der Waals surface area contributed by atoms with Crippen LogP contribution in [0, 0.1) is 0 Å². The van der Waals surface area contributed by atoms with Crippen LogP contribution in [0.2, 0.25) is 0 Å². The molecule has 0 aromatic carbocycles. The van der Waals surface area contributed by atoms with Crippen LogP contribution >= 0.6 is 0 Å². The molecule has 0 spiro atoms. The summed E-state index contributed by atoms with van der Waals surface area (Å²) < 4.78 is 1.53. The van der Waals surface area contributed by atoms with Gasteiger partial charge in [0.1, 0.15) is 5.69 Å². The van der Waals surface area contributed by atoms with E-state index < -0.39 is 5.91 Å². The Kier molecular flexibility index (Phi) is 2.12. The number of nitrogens with two attached hydrogens (primary N) is 1. The van der Waals surface area contributed by atoms with Crippen molar-refractivity contribution < 1.29 is 9.90 Å². The molecular formula is C9H10N4O2. The third-order valence-electron chi connectivity index (χ3n) is 2.21. The smallest absolute Gasteiger partial charge is 0.267 e. The molecule has 6 heteroatoms. The number of aromatic nitrogens is 3. The van der Waals surface area contributed by atoms with Crippen LogP contribution in [0.4, 0.5) is 0 Å². The summed E-state index contributed by atoms with van der Waals surface area (Å²) in [5.41, 5.74) is 6.41. The third kappa shape index (κ3) is 1.44. The molecule has 2 aromatic heterocycles. The molecule has 15 heavy (non-hydrogen) atoms. The molecule has 0 bridgehead atoms. The topological polar surface area (TPSA) is 94.0 Å². The van der Waals surface area contributed by atoms with Gasteiger partial charge in [-0.05, 0) is 11.6 Å². The minimum Gasteiger partial charge on any atom is -0.392 e. The van der Waals surface area contributed by atoms with Crippen molar-refractivity contribution in [3.8, 4) is 0 Å². The van der Waals surface area contributed by atoms with Crippen LogP contribution in [-0.4, -0.2) is 25.8 Å². The standard InChI is InChI=1S/C9H10N4O2/c1-13-9-6(3-11-13)5(4-14)2-7(12-9)8(10)15/h2-3,14H,4H2,1H3,(H2,10,15). The molecule has 2 rings (SSSR count). The van der Waals surface area contributed by atoms with Gasteiger partial charge in [0.05, 0.1) is 12.8 Å². The van der Waals surface area contributed by atoms with Crippen molar-refractivity contribution in [3.63, 3.8) is 0 Å². The van der Waals surface area contributed by atoms with Gasteiger partial charge in [-0.1, -0.05) is 0 Å². The fourth-order valence-corrected chi connectivity index (χ4v) is 1.44. The molecule has 0 unspecified atom stereocenters. The molecule has 2 heterocycles. The zero-order valence-corrected chi connectivity index (χ0v) is 8.14. The molecule has 0 aliphatic heterocycles. The van der Waals surface area contributed by atoms with Crippen molar-refractivity contribution in [2.24, 2.45) is 12.8 Å². The second kappa shape index (κ2) is 3.32. The first-order valence-electron chi connectivity index (χ1n) is 4.35. The van der Waals surface area contributed by atoms with Crippen molar-refractivity contribution >= 4 is 16.9 Å². The minimum absolute atomic E-state index is 0.134. The number of carbonyl (C=O) groups is 1. The Balaban J connectivity index is 2.79. The van der Waals surface area contributed by atoms with E-state index in [4.69, 9.17) is 10.8 Å². The quantitative estimate of drug-likeness (QED) is 0.696. The minimum atomic E-state index is -0.618. The van der Waals surface area contributed by atoms with E-state index in [1.54, 1.807) is 13.2 Å². The second-order valence-electron chi connectivity index (χ2n) is 3.19. The summed E-state index contributed by atoms with van der Waals surface area (Å²) in [6.45, 7) is -0.176. The van der Waals surface area contributed by atoms with Gasteiger partial charge in [-0.3, -0.25) is 9.48 Å². The summed E-state index contributed by atoms with van der Waals surface area (Å²) in [6, 6.07) is 1.48. The number of hydrogen-bond acceptors (Lipinski definition) is 4. The molecule has 0 radical (unpaired) electrons. The number of rotatable bonds is 2. The number of hydrogen-bond donors (Lipinski definition) is 2. The lowest BCUT2D eigenvalue weighted by atomic mass is 10.1. The first-order chi connectivity index (χ1) is 7.13. The average Bonchev–Trinajstić information content (AvgIpc) is 2.59. The highest BCUT2D eigenvalue weighted by atomic mass is 16.3. The fraction of sp³-hybridized carbons (Fsp3) is 0.222. The summed E-state index contributed by atoms with van der Waals surface area (Å²) in [4.78, 5) is 15.1. The van der Waals surface area contributed by atoms with Crippen molar-refractivity contribution in [1.29, 1.82) is 0 Å². The van der Waals surface area contributed by atoms with Crippen LogP contribution in [-0.2, 0) is 13.7 Å². The Hall–Kier alpha value is -1.95. The van der Waals surface area contributed by atoms with Gasteiger partial charge in [-0.2, -0.15) is 5.10 Å². The van der Waals surface area contributed by atoms with Gasteiger partial charge in [0.2, 0.25) is 0 Å². The number of carbonyl (C=O) groups excluding carboxylic acids is 1. The van der Waals surface area contributed by atoms with Crippen LogP contribution in [0.25, 0.3) is 11.0 Å². The fourth-order valence-electron chi connectivity index (χ4n) is 1.44. The van der Waals surface area contributed by atoms with Crippen molar-refractivity contribution in [2.45, 2.75) is 6.61 Å². The Labute approximate surface area is 85.3 Å². The van der Waals surface area contributed by atoms with Crippen molar-refractivity contribution in [1.82, 2.24) is 14.8 Å². The molecule has 1 amide bonds. The van der Waals surface area contributed by atoms with Gasteiger partial charge in [0.25, 0.3) is 5.91 Å². The molecule has 0 aliphatic carbocycles. The molecule has 0 saturated heterocycles. The normalized spacial score (nSPS) is 10.8. The predicted octanol–water partition coefficient (Wildman–Crippen LogP) is -0.441. The maximum absolute atomic E-state index is 11.0. The van der Waals surface area contributed by atoms with Gasteiger partial charge in [0.15, 0.2) is 5.65 Å². The number of aliphatic hydroxyl groups is 1. The van der Waals surface area contributed by atoms with Gasteiger partial charge >= 0.3 is 0 Å². The molecule has 3 N–H and O–H groups in total. The van der Waals surface area contributed by atoms with E-state index in [2.05, 4.69) is 10.1 Å². The SMILES string of the molecule is Cn1ncc2c(CO)cc(C(N)=O)nc21. The summed E-state index contributed by atoms with van der Waals surface area (Å²) >= 11 is 0. The number of amides is 1. The van der Waals surface area contributed by atoms with E-state index in [1.165, 1.54) is 10.7 Å². The number of pyridine rings is 1. The lowest BCUT2D eigenvalue weighted by molar-refractivity contribution is 0.0995. The molecule has 2 aromatic rings. The van der Waals surface area contributed by atoms with E-state index >= 15 is 0 Å². The number of fused-ring (bicyclic) bond motifs is 1. The number of aliphatic hydroxyl groups excluding tert-OH is 1. The van der Waals surface area contributed by atoms with Crippen molar-refractivity contribution in [3.05, 3.63) is 23.5 Å². The highest BCUT2D eigenvalue weighted by Crippen LogP contribution is 2.17. The molecule has 0 atom stereocenters. The van der Waals surface area contributed by atoms with E-state index in [9.17, 15) is 4.79 Å². The Morgan fingerprint density at radius 1 is 1.67 bits per heavy atom. The van der Waals surface area contributed by atoms with Crippen LogP contribution in [0.5, 0.6) is 0 Å². The summed E-state index contributed by atoms with van der Waals surface area (Å²) in [7, 11) is 1.71. The molecular weight excluding hydrogens is 196 g/mol. The summed E-state index contributed by atoms with van der Waals surface area (Å²) in [5, 5.41) is 13.9. The van der Waals surface area contributed by atoms with Crippen LogP contribution in [0.15, 0.2) is 12.3 Å². The maximum Gasteiger partial charge on any atom is 0.267 e. The largest absolute Gasteiger partial charge is 0.392 e. The Bertz CT molecular complexity index is 532. The van der Waals surface area contributed by atoms with E-state index in [1.807, 2.05) is 0 Å². The zero-order chi connectivity index (χ0) is 11.0. The maximum atomic E-state index is 11.0. The van der Waals surface area contributed by atoms with Crippen LogP contribution in [0.3, 0.4) is 0 Å². The Morgan fingerprint density at radius 3 is 3.00 bits per heavy atom. The van der Waals surface area contributed by atoms with E-state index in [0.717, 1.165) is 5.39 Å². The van der Waals surface area contributed by atoms with E-state index in [-0.39, 0.29) is 12.3 Å². The first-order valence-corrected chi connectivity index (χ1v) is 4.35. The molecule has 78 valence electrons. The first kappa shape index (κ1) is 9.60.